The van der Waals surface area contributed by atoms with Gasteiger partial charge in [0.15, 0.2) is 5.75 Å². The summed E-state index contributed by atoms with van der Waals surface area (Å²) < 4.78 is 0. The van der Waals surface area contributed by atoms with Crippen molar-refractivity contribution in [3.8, 4) is 5.75 Å². The van der Waals surface area contributed by atoms with Gasteiger partial charge in [-0.05, 0) is 43.2 Å². The van der Waals surface area contributed by atoms with Gasteiger partial charge in [0, 0.05) is 10.6 Å². The van der Waals surface area contributed by atoms with E-state index in [0.717, 1.165) is 11.1 Å². The molecule has 20 heavy (non-hydrogen) atoms. The standard InChI is InChI=1S/C15H13Cl2NO2/c1-8-4-3-5-11(9(8)2)15(20)18-13-7-10(16)6-12(17)14(13)19/h3-7,19H,1-2H3,(H,18,20). The average Bonchev–Trinajstić information content (AvgIpc) is 2.38. The number of phenolic OH excluding ortho intramolecular Hbond substituents is 1. The third kappa shape index (κ3) is 2.89. The number of aryl methyl sites for hydroxylation is 1. The zero-order valence-corrected chi connectivity index (χ0v) is 12.5. The molecule has 0 spiro atoms. The number of hydrogen-bond acceptors (Lipinski definition) is 2. The van der Waals surface area contributed by atoms with Gasteiger partial charge in [0.2, 0.25) is 0 Å². The molecule has 0 aromatic heterocycles. The number of carbonyl (C=O) groups excluding carboxylic acids is 1. The molecule has 0 saturated heterocycles. The van der Waals surface area contributed by atoms with Crippen LogP contribution in [-0.2, 0) is 0 Å². The van der Waals surface area contributed by atoms with E-state index < -0.39 is 0 Å². The maximum absolute atomic E-state index is 12.3. The smallest absolute Gasteiger partial charge is 0.256 e. The Hall–Kier alpha value is -1.71. The molecule has 0 aliphatic carbocycles. The van der Waals surface area contributed by atoms with Gasteiger partial charge in [-0.3, -0.25) is 4.79 Å². The first kappa shape index (κ1) is 14.7. The molecule has 2 rings (SSSR count). The minimum Gasteiger partial charge on any atom is -0.504 e. The van der Waals surface area contributed by atoms with Crippen LogP contribution in [-0.4, -0.2) is 11.0 Å². The van der Waals surface area contributed by atoms with Crippen molar-refractivity contribution in [2.24, 2.45) is 0 Å². The first-order valence-electron chi connectivity index (χ1n) is 5.95. The van der Waals surface area contributed by atoms with Crippen molar-refractivity contribution in [2.45, 2.75) is 13.8 Å². The van der Waals surface area contributed by atoms with Gasteiger partial charge in [0.25, 0.3) is 5.91 Å². The van der Waals surface area contributed by atoms with Crippen molar-refractivity contribution < 1.29 is 9.90 Å². The third-order valence-electron chi connectivity index (χ3n) is 3.13. The number of amides is 1. The molecule has 0 fully saturated rings. The van der Waals surface area contributed by atoms with E-state index in [2.05, 4.69) is 5.32 Å². The van der Waals surface area contributed by atoms with Crippen LogP contribution in [0.5, 0.6) is 5.75 Å². The van der Waals surface area contributed by atoms with Crippen molar-refractivity contribution in [2.75, 3.05) is 5.32 Å². The summed E-state index contributed by atoms with van der Waals surface area (Å²) in [6, 6.07) is 8.32. The fourth-order valence-electron chi connectivity index (χ4n) is 1.85. The van der Waals surface area contributed by atoms with Gasteiger partial charge in [0.05, 0.1) is 10.7 Å². The normalized spacial score (nSPS) is 10.4. The third-order valence-corrected chi connectivity index (χ3v) is 3.63. The van der Waals surface area contributed by atoms with E-state index in [4.69, 9.17) is 23.2 Å². The van der Waals surface area contributed by atoms with Gasteiger partial charge in [-0.1, -0.05) is 35.3 Å². The highest BCUT2D eigenvalue weighted by molar-refractivity contribution is 6.36. The average molecular weight is 310 g/mol. The minimum absolute atomic E-state index is 0.0914. The molecule has 3 nitrogen and oxygen atoms in total. The van der Waals surface area contributed by atoms with Crippen LogP contribution in [0.15, 0.2) is 30.3 Å². The van der Waals surface area contributed by atoms with Crippen LogP contribution in [0.3, 0.4) is 0 Å². The van der Waals surface area contributed by atoms with Crippen molar-refractivity contribution in [1.29, 1.82) is 0 Å². The predicted molar refractivity (Wildman–Crippen MR) is 82.0 cm³/mol. The van der Waals surface area contributed by atoms with Gasteiger partial charge in [-0.25, -0.2) is 0 Å². The second kappa shape index (κ2) is 5.73. The van der Waals surface area contributed by atoms with E-state index in [0.29, 0.717) is 10.6 Å². The number of aromatic hydroxyl groups is 1. The first-order valence-corrected chi connectivity index (χ1v) is 6.71. The summed E-state index contributed by atoms with van der Waals surface area (Å²) in [6.07, 6.45) is 0. The van der Waals surface area contributed by atoms with Crippen molar-refractivity contribution in [3.63, 3.8) is 0 Å². The van der Waals surface area contributed by atoms with Crippen LogP contribution in [0.25, 0.3) is 0 Å². The topological polar surface area (TPSA) is 49.3 Å². The Morgan fingerprint density at radius 2 is 1.90 bits per heavy atom. The Bertz CT molecular complexity index is 684. The van der Waals surface area contributed by atoms with Gasteiger partial charge < -0.3 is 10.4 Å². The number of benzene rings is 2. The van der Waals surface area contributed by atoms with Crippen LogP contribution < -0.4 is 5.32 Å². The van der Waals surface area contributed by atoms with Crippen LogP contribution in [0.1, 0.15) is 21.5 Å². The number of phenols is 1. The molecule has 0 unspecified atom stereocenters. The highest BCUT2D eigenvalue weighted by atomic mass is 35.5. The Morgan fingerprint density at radius 1 is 1.20 bits per heavy atom. The van der Waals surface area contributed by atoms with Crippen LogP contribution >= 0.6 is 23.2 Å². The van der Waals surface area contributed by atoms with Gasteiger partial charge >= 0.3 is 0 Å². The largest absolute Gasteiger partial charge is 0.504 e. The van der Waals surface area contributed by atoms with E-state index in [1.165, 1.54) is 12.1 Å². The van der Waals surface area contributed by atoms with Crippen LogP contribution in [0.2, 0.25) is 10.0 Å². The molecule has 0 atom stereocenters. The van der Waals surface area contributed by atoms with Crippen molar-refractivity contribution in [3.05, 3.63) is 57.1 Å². The molecule has 0 radical (unpaired) electrons. The monoisotopic (exact) mass is 309 g/mol. The summed E-state index contributed by atoms with van der Waals surface area (Å²) in [5, 5.41) is 12.9. The fraction of sp³-hybridized carbons (Fsp3) is 0.133. The van der Waals surface area contributed by atoms with Gasteiger partial charge in [0.1, 0.15) is 0 Å². The van der Waals surface area contributed by atoms with Crippen molar-refractivity contribution >= 4 is 34.8 Å². The number of carbonyl (C=O) groups is 1. The van der Waals surface area contributed by atoms with E-state index in [-0.39, 0.29) is 22.4 Å². The number of anilines is 1. The quantitative estimate of drug-likeness (QED) is 0.798. The van der Waals surface area contributed by atoms with Gasteiger partial charge in [-0.15, -0.1) is 0 Å². The Kier molecular flexibility index (Phi) is 4.21. The summed E-state index contributed by atoms with van der Waals surface area (Å²) in [5.41, 5.74) is 2.64. The lowest BCUT2D eigenvalue weighted by atomic mass is 10.0. The number of nitrogens with one attached hydrogen (secondary N) is 1. The second-order valence-electron chi connectivity index (χ2n) is 4.49. The zero-order chi connectivity index (χ0) is 14.9. The molecule has 1 amide bonds. The molecular weight excluding hydrogens is 297 g/mol. The molecule has 5 heteroatoms. The molecule has 2 aromatic rings. The van der Waals surface area contributed by atoms with E-state index in [9.17, 15) is 9.90 Å². The molecule has 0 saturated carbocycles. The zero-order valence-electron chi connectivity index (χ0n) is 11.0. The SMILES string of the molecule is Cc1cccc(C(=O)Nc2cc(Cl)cc(Cl)c2O)c1C. The molecule has 0 heterocycles. The molecule has 0 aliphatic heterocycles. The summed E-state index contributed by atoms with van der Waals surface area (Å²) in [6.45, 7) is 3.80. The lowest BCUT2D eigenvalue weighted by molar-refractivity contribution is 0.102. The molecule has 2 aromatic carbocycles. The van der Waals surface area contributed by atoms with Crippen LogP contribution in [0.4, 0.5) is 5.69 Å². The first-order chi connectivity index (χ1) is 9.40. The number of rotatable bonds is 2. The number of hydrogen-bond donors (Lipinski definition) is 2. The highest BCUT2D eigenvalue weighted by Crippen LogP contribution is 2.35. The fourth-order valence-corrected chi connectivity index (χ4v) is 2.34. The van der Waals surface area contributed by atoms with E-state index in [1.807, 2.05) is 26.0 Å². The lowest BCUT2D eigenvalue weighted by Gasteiger charge is -2.11. The lowest BCUT2D eigenvalue weighted by Crippen LogP contribution is -2.14. The summed E-state index contributed by atoms with van der Waals surface area (Å²) >= 11 is 11.7. The molecular formula is C15H13Cl2NO2. The Labute approximate surface area is 127 Å². The molecule has 0 aliphatic rings. The summed E-state index contributed by atoms with van der Waals surface area (Å²) in [5.74, 6) is -0.519. The maximum Gasteiger partial charge on any atom is 0.256 e. The highest BCUT2D eigenvalue weighted by Gasteiger charge is 2.14. The molecule has 2 N–H and O–H groups in total. The number of halogens is 2. The Morgan fingerprint density at radius 3 is 2.60 bits per heavy atom. The van der Waals surface area contributed by atoms with E-state index in [1.54, 1.807) is 6.07 Å². The molecule has 104 valence electrons. The van der Waals surface area contributed by atoms with Crippen molar-refractivity contribution in [1.82, 2.24) is 0 Å². The predicted octanol–water partition coefficient (Wildman–Crippen LogP) is 4.57. The molecule has 0 bridgehead atoms. The minimum atomic E-state index is -0.320. The second-order valence-corrected chi connectivity index (χ2v) is 5.33. The summed E-state index contributed by atoms with van der Waals surface area (Å²) in [4.78, 5) is 12.3. The maximum atomic E-state index is 12.3. The van der Waals surface area contributed by atoms with Gasteiger partial charge in [-0.2, -0.15) is 0 Å². The van der Waals surface area contributed by atoms with E-state index >= 15 is 0 Å². The summed E-state index contributed by atoms with van der Waals surface area (Å²) in [7, 11) is 0. The Balaban J connectivity index is 2.35. The van der Waals surface area contributed by atoms with Crippen LogP contribution in [0, 0.1) is 13.8 Å².